The lowest BCUT2D eigenvalue weighted by Gasteiger charge is -2.04. The summed E-state index contributed by atoms with van der Waals surface area (Å²) in [7, 11) is 0. The normalized spacial score (nSPS) is 10.7. The van der Waals surface area contributed by atoms with Gasteiger partial charge < -0.3 is 4.74 Å². The third-order valence-electron chi connectivity index (χ3n) is 2.92. The van der Waals surface area contributed by atoms with E-state index in [2.05, 4.69) is 5.10 Å². The first-order valence-electron chi connectivity index (χ1n) is 6.89. The van der Waals surface area contributed by atoms with Crippen molar-refractivity contribution in [1.29, 1.82) is 0 Å². The van der Waals surface area contributed by atoms with Gasteiger partial charge in [-0.05, 0) is 48.6 Å². The van der Waals surface area contributed by atoms with Gasteiger partial charge in [0.15, 0.2) is 8.29 Å². The summed E-state index contributed by atoms with van der Waals surface area (Å²) in [5, 5.41) is 5.26. The van der Waals surface area contributed by atoms with Crippen molar-refractivity contribution in [2.45, 2.75) is 4.34 Å². The monoisotopic (exact) mass is 380 g/mol. The molecule has 3 nitrogen and oxygen atoms in total. The van der Waals surface area contributed by atoms with Crippen molar-refractivity contribution in [1.82, 2.24) is 9.78 Å². The number of para-hydroxylation sites is 1. The molecule has 7 heteroatoms. The molecule has 0 spiro atoms. The molecule has 3 aromatic rings. The number of hydrogen-bond acceptors (Lipinski definition) is 5. The van der Waals surface area contributed by atoms with Crippen molar-refractivity contribution in [2.24, 2.45) is 0 Å². The summed E-state index contributed by atoms with van der Waals surface area (Å²) in [4.78, 5) is 0. The maximum Gasteiger partial charge on any atom is 0.184 e. The maximum absolute atomic E-state index is 5.84. The third-order valence-corrected chi connectivity index (χ3v) is 5.50. The molecule has 0 saturated heterocycles. The number of benzene rings is 2. The predicted molar refractivity (Wildman–Crippen MR) is 99.9 cm³/mol. The summed E-state index contributed by atoms with van der Waals surface area (Å²) in [5.74, 6) is 1.62. The van der Waals surface area contributed by atoms with E-state index in [1.807, 2.05) is 54.6 Å². The molecule has 0 radical (unpaired) electrons. The van der Waals surface area contributed by atoms with E-state index in [0.29, 0.717) is 11.6 Å². The van der Waals surface area contributed by atoms with E-state index in [1.54, 1.807) is 16.4 Å². The highest BCUT2D eigenvalue weighted by Gasteiger charge is 2.06. The molecule has 1 heterocycles. The highest BCUT2D eigenvalue weighted by molar-refractivity contribution is 8.01. The van der Waals surface area contributed by atoms with Crippen LogP contribution in [0.25, 0.3) is 5.69 Å². The molecule has 23 heavy (non-hydrogen) atoms. The van der Waals surface area contributed by atoms with Crippen LogP contribution in [0, 0.1) is 3.95 Å². The van der Waals surface area contributed by atoms with Crippen LogP contribution in [-0.4, -0.2) is 22.1 Å². The summed E-state index contributed by atoms with van der Waals surface area (Å²) in [6.07, 6.45) is 0. The number of rotatable bonds is 6. The largest absolute Gasteiger partial charge is 0.493 e. The van der Waals surface area contributed by atoms with Gasteiger partial charge in [-0.3, -0.25) is 0 Å². The van der Waals surface area contributed by atoms with Crippen LogP contribution in [0.5, 0.6) is 5.75 Å². The summed E-state index contributed by atoms with van der Waals surface area (Å²) in [6, 6.07) is 17.3. The van der Waals surface area contributed by atoms with Crippen molar-refractivity contribution in [3.63, 3.8) is 0 Å². The van der Waals surface area contributed by atoms with Crippen LogP contribution in [-0.2, 0) is 0 Å². The van der Waals surface area contributed by atoms with E-state index in [4.69, 9.17) is 28.6 Å². The van der Waals surface area contributed by atoms with E-state index >= 15 is 0 Å². The van der Waals surface area contributed by atoms with E-state index < -0.39 is 0 Å². The number of thioether (sulfide) groups is 1. The first-order chi connectivity index (χ1) is 11.2. The van der Waals surface area contributed by atoms with Gasteiger partial charge in [0.2, 0.25) is 0 Å². The molecule has 2 aromatic carbocycles. The molecule has 0 aliphatic carbocycles. The molecule has 118 valence electrons. The number of aromatic nitrogens is 2. The lowest BCUT2D eigenvalue weighted by atomic mass is 10.3. The van der Waals surface area contributed by atoms with Crippen molar-refractivity contribution in [3.05, 3.63) is 63.6 Å². The smallest absolute Gasteiger partial charge is 0.184 e. The summed E-state index contributed by atoms with van der Waals surface area (Å²) in [6.45, 7) is 0.601. The maximum atomic E-state index is 5.84. The number of nitrogens with zero attached hydrogens (tertiary/aromatic N) is 2. The number of hydrogen-bond donors (Lipinski definition) is 0. The van der Waals surface area contributed by atoms with Crippen LogP contribution >= 0.6 is 46.9 Å². The third kappa shape index (κ3) is 4.57. The van der Waals surface area contributed by atoms with Crippen LogP contribution in [0.1, 0.15) is 0 Å². The zero-order valence-corrected chi connectivity index (χ0v) is 15.2. The van der Waals surface area contributed by atoms with Gasteiger partial charge in [0, 0.05) is 10.8 Å². The molecule has 0 fully saturated rings. The fourth-order valence-electron chi connectivity index (χ4n) is 1.87. The van der Waals surface area contributed by atoms with Crippen molar-refractivity contribution in [3.8, 4) is 11.4 Å². The predicted octanol–water partition coefficient (Wildman–Crippen LogP) is 5.49. The Hall–Kier alpha value is -1.34. The van der Waals surface area contributed by atoms with Gasteiger partial charge in [0.25, 0.3) is 0 Å². The second-order valence-corrected chi connectivity index (χ2v) is 7.93. The number of halogens is 1. The molecule has 0 bridgehead atoms. The summed E-state index contributed by atoms with van der Waals surface area (Å²) < 4.78 is 9.15. The minimum Gasteiger partial charge on any atom is -0.493 e. The highest BCUT2D eigenvalue weighted by Crippen LogP contribution is 2.24. The molecular formula is C16H13ClN2OS3. The Balaban J connectivity index is 1.55. The second-order valence-electron chi connectivity index (χ2n) is 4.53. The quantitative estimate of drug-likeness (QED) is 0.321. The van der Waals surface area contributed by atoms with Gasteiger partial charge in [0.05, 0.1) is 12.3 Å². The SMILES string of the molecule is S=c1sc(SCCOc2ccc(Cl)cc2)nn1-c1ccccc1. The van der Waals surface area contributed by atoms with Gasteiger partial charge >= 0.3 is 0 Å². The van der Waals surface area contributed by atoms with Crippen molar-refractivity contribution < 1.29 is 4.74 Å². The first kappa shape index (κ1) is 16.5. The van der Waals surface area contributed by atoms with Crippen LogP contribution in [0.4, 0.5) is 0 Å². The lowest BCUT2D eigenvalue weighted by molar-refractivity contribution is 0.344. The Labute approximate surface area is 152 Å². The average Bonchev–Trinajstić information content (AvgIpc) is 2.95. The second kappa shape index (κ2) is 7.97. The van der Waals surface area contributed by atoms with Crippen molar-refractivity contribution in [2.75, 3.05) is 12.4 Å². The fraction of sp³-hybridized carbons (Fsp3) is 0.125. The van der Waals surface area contributed by atoms with E-state index in [-0.39, 0.29) is 0 Å². The van der Waals surface area contributed by atoms with Crippen LogP contribution in [0.3, 0.4) is 0 Å². The number of ether oxygens (including phenoxy) is 1. The molecule has 0 atom stereocenters. The molecule has 1 aromatic heterocycles. The molecule has 0 aliphatic rings. The van der Waals surface area contributed by atoms with E-state index in [0.717, 1.165) is 25.5 Å². The van der Waals surface area contributed by atoms with E-state index in [9.17, 15) is 0 Å². The molecule has 0 saturated carbocycles. The van der Waals surface area contributed by atoms with Gasteiger partial charge in [-0.1, -0.05) is 52.9 Å². The molecule has 0 unspecified atom stereocenters. The zero-order chi connectivity index (χ0) is 16.1. The summed E-state index contributed by atoms with van der Waals surface area (Å²) >= 11 is 14.4. The molecule has 3 rings (SSSR count). The molecule has 0 aliphatic heterocycles. The van der Waals surface area contributed by atoms with Crippen LogP contribution < -0.4 is 4.74 Å². The van der Waals surface area contributed by atoms with Gasteiger partial charge in [-0.25, -0.2) is 4.68 Å². The van der Waals surface area contributed by atoms with Crippen molar-refractivity contribution >= 4 is 46.9 Å². The Morgan fingerprint density at radius 1 is 1.13 bits per heavy atom. The standard InChI is InChI=1S/C16H13ClN2OS3/c17-12-6-8-14(9-7-12)20-10-11-22-15-18-19(16(21)23-15)13-4-2-1-3-5-13/h1-9H,10-11H2. The van der Waals surface area contributed by atoms with Gasteiger partial charge in [-0.2, -0.15) is 0 Å². The first-order valence-corrected chi connectivity index (χ1v) is 9.48. The van der Waals surface area contributed by atoms with Crippen LogP contribution in [0.2, 0.25) is 5.02 Å². The zero-order valence-electron chi connectivity index (χ0n) is 12.0. The Morgan fingerprint density at radius 2 is 1.87 bits per heavy atom. The highest BCUT2D eigenvalue weighted by atomic mass is 35.5. The Kier molecular flexibility index (Phi) is 5.72. The van der Waals surface area contributed by atoms with E-state index in [1.165, 1.54) is 11.3 Å². The molecule has 0 amide bonds. The topological polar surface area (TPSA) is 27.1 Å². The Bertz CT molecular complexity index is 815. The minimum absolute atomic E-state index is 0.601. The average molecular weight is 381 g/mol. The van der Waals surface area contributed by atoms with Gasteiger partial charge in [0.1, 0.15) is 5.75 Å². The van der Waals surface area contributed by atoms with Gasteiger partial charge in [-0.15, -0.1) is 5.10 Å². The summed E-state index contributed by atoms with van der Waals surface area (Å²) in [5.41, 5.74) is 0.984. The van der Waals surface area contributed by atoms with Crippen LogP contribution in [0.15, 0.2) is 58.9 Å². The minimum atomic E-state index is 0.601. The Morgan fingerprint density at radius 3 is 2.61 bits per heavy atom. The molecule has 0 N–H and O–H groups in total. The fourth-order valence-corrected chi connectivity index (χ4v) is 4.25. The molecular weight excluding hydrogens is 368 g/mol. The lowest BCUT2D eigenvalue weighted by Crippen LogP contribution is -2.00.